The molecule has 3 rings (SSSR count). The first kappa shape index (κ1) is 12.9. The van der Waals surface area contributed by atoms with Crippen LogP contribution in [0.4, 0.5) is 5.00 Å². The van der Waals surface area contributed by atoms with Gasteiger partial charge >= 0.3 is 0 Å². The molecule has 1 amide bonds. The molecule has 19 heavy (non-hydrogen) atoms. The molecule has 1 atom stereocenters. The van der Waals surface area contributed by atoms with Gasteiger partial charge in [-0.3, -0.25) is 4.79 Å². The zero-order valence-corrected chi connectivity index (χ0v) is 12.0. The molecule has 104 valence electrons. The van der Waals surface area contributed by atoms with E-state index in [4.69, 9.17) is 0 Å². The van der Waals surface area contributed by atoms with E-state index in [1.807, 2.05) is 4.90 Å². The summed E-state index contributed by atoms with van der Waals surface area (Å²) in [4.78, 5) is 16.6. The SMILES string of the molecule is O=C(CC1CCCN1)N1CCN(c2cccs2)CC1. The van der Waals surface area contributed by atoms with E-state index in [1.165, 1.54) is 11.4 Å². The molecule has 2 saturated heterocycles. The molecule has 1 unspecified atom stereocenters. The predicted molar refractivity (Wildman–Crippen MR) is 78.8 cm³/mol. The van der Waals surface area contributed by atoms with Crippen LogP contribution >= 0.6 is 11.3 Å². The largest absolute Gasteiger partial charge is 0.360 e. The van der Waals surface area contributed by atoms with Crippen LogP contribution in [0.15, 0.2) is 17.5 Å². The van der Waals surface area contributed by atoms with Gasteiger partial charge in [-0.25, -0.2) is 0 Å². The lowest BCUT2D eigenvalue weighted by Crippen LogP contribution is -2.49. The van der Waals surface area contributed by atoms with Crippen molar-refractivity contribution in [1.29, 1.82) is 0 Å². The van der Waals surface area contributed by atoms with Gasteiger partial charge in [0.1, 0.15) is 0 Å². The Balaban J connectivity index is 1.48. The van der Waals surface area contributed by atoms with Crippen LogP contribution in [0.2, 0.25) is 0 Å². The Hall–Kier alpha value is -1.07. The van der Waals surface area contributed by atoms with Crippen molar-refractivity contribution in [2.75, 3.05) is 37.6 Å². The first-order valence-electron chi connectivity index (χ1n) is 7.12. The molecular weight excluding hydrogens is 258 g/mol. The number of nitrogens with zero attached hydrogens (tertiary/aromatic N) is 2. The van der Waals surface area contributed by atoms with Gasteiger partial charge in [-0.1, -0.05) is 0 Å². The third-order valence-electron chi connectivity index (χ3n) is 4.03. The molecule has 0 aliphatic carbocycles. The molecule has 0 aromatic carbocycles. The van der Waals surface area contributed by atoms with Crippen LogP contribution in [0.5, 0.6) is 0 Å². The number of amides is 1. The van der Waals surface area contributed by atoms with Crippen LogP contribution < -0.4 is 10.2 Å². The van der Waals surface area contributed by atoms with E-state index in [9.17, 15) is 4.79 Å². The Morgan fingerprint density at radius 1 is 1.37 bits per heavy atom. The summed E-state index contributed by atoms with van der Waals surface area (Å²) in [5, 5.41) is 6.83. The summed E-state index contributed by atoms with van der Waals surface area (Å²) in [6.07, 6.45) is 3.05. The van der Waals surface area contributed by atoms with Crippen molar-refractivity contribution in [3.05, 3.63) is 17.5 Å². The standard InChI is InChI=1S/C14H21N3OS/c18-13(11-12-3-1-5-15-12)16-6-8-17(9-7-16)14-4-2-10-19-14/h2,4,10,12,15H,1,3,5-9,11H2. The van der Waals surface area contributed by atoms with Crippen LogP contribution in [-0.2, 0) is 4.79 Å². The predicted octanol–water partition coefficient (Wildman–Crippen LogP) is 1.54. The molecule has 0 spiro atoms. The number of carbonyl (C=O) groups excluding carboxylic acids is 1. The highest BCUT2D eigenvalue weighted by molar-refractivity contribution is 7.14. The van der Waals surface area contributed by atoms with E-state index in [0.717, 1.165) is 39.1 Å². The lowest BCUT2D eigenvalue weighted by atomic mass is 10.1. The Morgan fingerprint density at radius 3 is 2.84 bits per heavy atom. The Kier molecular flexibility index (Phi) is 4.03. The fourth-order valence-electron chi connectivity index (χ4n) is 2.90. The number of piperazine rings is 1. The highest BCUT2D eigenvalue weighted by atomic mass is 32.1. The molecule has 5 heteroatoms. The van der Waals surface area contributed by atoms with E-state index in [1.54, 1.807) is 11.3 Å². The smallest absolute Gasteiger partial charge is 0.224 e. The van der Waals surface area contributed by atoms with Crippen LogP contribution in [0, 0.1) is 0 Å². The first-order chi connectivity index (χ1) is 9.33. The lowest BCUT2D eigenvalue weighted by Gasteiger charge is -2.35. The highest BCUT2D eigenvalue weighted by Gasteiger charge is 2.25. The third-order valence-corrected chi connectivity index (χ3v) is 4.96. The second-order valence-corrected chi connectivity index (χ2v) is 6.24. The minimum Gasteiger partial charge on any atom is -0.360 e. The topological polar surface area (TPSA) is 35.6 Å². The summed E-state index contributed by atoms with van der Waals surface area (Å²) >= 11 is 1.78. The van der Waals surface area contributed by atoms with Crippen molar-refractivity contribution in [3.8, 4) is 0 Å². The second-order valence-electron chi connectivity index (χ2n) is 5.32. The third kappa shape index (κ3) is 3.09. The van der Waals surface area contributed by atoms with E-state index >= 15 is 0 Å². The molecule has 1 N–H and O–H groups in total. The molecule has 3 heterocycles. The maximum Gasteiger partial charge on any atom is 0.224 e. The maximum atomic E-state index is 12.2. The average Bonchev–Trinajstić information content (AvgIpc) is 3.12. The van der Waals surface area contributed by atoms with Crippen LogP contribution in [-0.4, -0.2) is 49.6 Å². The van der Waals surface area contributed by atoms with Crippen molar-refractivity contribution < 1.29 is 4.79 Å². The van der Waals surface area contributed by atoms with Gasteiger partial charge < -0.3 is 15.1 Å². The van der Waals surface area contributed by atoms with Gasteiger partial charge in [-0.15, -0.1) is 11.3 Å². The average molecular weight is 279 g/mol. The molecule has 1 aromatic rings. The van der Waals surface area contributed by atoms with Crippen molar-refractivity contribution >= 4 is 22.2 Å². The zero-order valence-electron chi connectivity index (χ0n) is 11.2. The van der Waals surface area contributed by atoms with Crippen molar-refractivity contribution in [1.82, 2.24) is 10.2 Å². The fraction of sp³-hybridized carbons (Fsp3) is 0.643. The molecule has 0 bridgehead atoms. The number of nitrogens with one attached hydrogen (secondary N) is 1. The Labute approximate surface area is 118 Å². The van der Waals surface area contributed by atoms with Gasteiger partial charge in [-0.05, 0) is 36.9 Å². The van der Waals surface area contributed by atoms with Gasteiger partial charge in [-0.2, -0.15) is 0 Å². The minimum atomic E-state index is 0.324. The number of hydrogen-bond donors (Lipinski definition) is 1. The maximum absolute atomic E-state index is 12.2. The van der Waals surface area contributed by atoms with E-state index in [0.29, 0.717) is 18.4 Å². The van der Waals surface area contributed by atoms with E-state index in [2.05, 4.69) is 27.7 Å². The molecule has 2 fully saturated rings. The van der Waals surface area contributed by atoms with Crippen molar-refractivity contribution in [2.45, 2.75) is 25.3 Å². The summed E-state index contributed by atoms with van der Waals surface area (Å²) in [7, 11) is 0. The summed E-state index contributed by atoms with van der Waals surface area (Å²) in [6.45, 7) is 4.73. The minimum absolute atomic E-state index is 0.324. The zero-order chi connectivity index (χ0) is 13.1. The van der Waals surface area contributed by atoms with Crippen molar-refractivity contribution in [2.24, 2.45) is 0 Å². The normalized spacial score (nSPS) is 23.9. The lowest BCUT2D eigenvalue weighted by molar-refractivity contribution is -0.131. The second kappa shape index (κ2) is 5.92. The van der Waals surface area contributed by atoms with Gasteiger partial charge in [0, 0.05) is 38.6 Å². The number of rotatable bonds is 3. The van der Waals surface area contributed by atoms with Crippen molar-refractivity contribution in [3.63, 3.8) is 0 Å². The summed E-state index contributed by atoms with van der Waals surface area (Å²) in [5.41, 5.74) is 0. The number of carbonyl (C=O) groups is 1. The monoisotopic (exact) mass is 279 g/mol. The molecule has 1 aromatic heterocycles. The quantitative estimate of drug-likeness (QED) is 0.911. The number of thiophene rings is 1. The van der Waals surface area contributed by atoms with Crippen LogP contribution in [0.1, 0.15) is 19.3 Å². The summed E-state index contributed by atoms with van der Waals surface area (Å²) in [5.74, 6) is 0.324. The Bertz CT molecular complexity index is 406. The first-order valence-corrected chi connectivity index (χ1v) is 8.00. The van der Waals surface area contributed by atoms with E-state index < -0.39 is 0 Å². The molecule has 2 aliphatic heterocycles. The molecule has 4 nitrogen and oxygen atoms in total. The van der Waals surface area contributed by atoms with Crippen LogP contribution in [0.3, 0.4) is 0 Å². The summed E-state index contributed by atoms with van der Waals surface area (Å²) in [6, 6.07) is 4.66. The molecule has 0 radical (unpaired) electrons. The van der Waals surface area contributed by atoms with Gasteiger partial charge in [0.2, 0.25) is 5.91 Å². The molecular formula is C14H21N3OS. The van der Waals surface area contributed by atoms with Gasteiger partial charge in [0.05, 0.1) is 5.00 Å². The Morgan fingerprint density at radius 2 is 2.21 bits per heavy atom. The van der Waals surface area contributed by atoms with E-state index in [-0.39, 0.29) is 0 Å². The number of anilines is 1. The van der Waals surface area contributed by atoms with Gasteiger partial charge in [0.15, 0.2) is 0 Å². The number of hydrogen-bond acceptors (Lipinski definition) is 4. The molecule has 2 aliphatic rings. The summed E-state index contributed by atoms with van der Waals surface area (Å²) < 4.78 is 0. The van der Waals surface area contributed by atoms with Crippen LogP contribution in [0.25, 0.3) is 0 Å². The fourth-order valence-corrected chi connectivity index (χ4v) is 3.68. The van der Waals surface area contributed by atoms with Gasteiger partial charge in [0.25, 0.3) is 0 Å². The molecule has 0 saturated carbocycles. The highest BCUT2D eigenvalue weighted by Crippen LogP contribution is 2.22.